The van der Waals surface area contributed by atoms with Gasteiger partial charge in [0.1, 0.15) is 0 Å². The molecule has 19 heavy (non-hydrogen) atoms. The highest BCUT2D eigenvalue weighted by molar-refractivity contribution is 7.89. The Kier molecular flexibility index (Phi) is 4.60. The third-order valence-corrected chi connectivity index (χ3v) is 5.74. The van der Waals surface area contributed by atoms with Crippen molar-refractivity contribution in [3.8, 4) is 0 Å². The molecule has 0 radical (unpaired) electrons. The molecule has 0 atom stereocenters. The number of nitrogens with zero attached hydrogens (tertiary/aromatic N) is 1. The second-order valence-corrected chi connectivity index (χ2v) is 6.90. The van der Waals surface area contributed by atoms with Crippen molar-refractivity contribution in [2.75, 3.05) is 20.1 Å². The van der Waals surface area contributed by atoms with Gasteiger partial charge in [-0.05, 0) is 44.0 Å². The largest absolute Gasteiger partial charge is 0.317 e. The third-order valence-electron chi connectivity index (χ3n) is 3.83. The van der Waals surface area contributed by atoms with E-state index in [-0.39, 0.29) is 0 Å². The molecule has 1 aromatic carbocycles. The lowest BCUT2D eigenvalue weighted by Gasteiger charge is -2.31. The van der Waals surface area contributed by atoms with E-state index in [0.29, 0.717) is 24.0 Å². The lowest BCUT2D eigenvalue weighted by atomic mass is 10.1. The quantitative estimate of drug-likeness (QED) is 0.913. The van der Waals surface area contributed by atoms with Gasteiger partial charge in [0.15, 0.2) is 0 Å². The smallest absolute Gasteiger partial charge is 0.243 e. The van der Waals surface area contributed by atoms with Crippen molar-refractivity contribution in [2.45, 2.75) is 37.1 Å². The van der Waals surface area contributed by atoms with Crippen molar-refractivity contribution in [3.63, 3.8) is 0 Å². The summed E-state index contributed by atoms with van der Waals surface area (Å²) in [7, 11) is -1.38. The minimum Gasteiger partial charge on any atom is -0.317 e. The van der Waals surface area contributed by atoms with E-state index >= 15 is 0 Å². The molecule has 5 heteroatoms. The number of aryl methyl sites for hydroxylation is 1. The molecule has 2 rings (SSSR count). The van der Waals surface area contributed by atoms with E-state index in [1.54, 1.807) is 16.4 Å². The summed E-state index contributed by atoms with van der Waals surface area (Å²) in [5.41, 5.74) is 1.16. The molecule has 106 valence electrons. The zero-order chi connectivity index (χ0) is 13.9. The fourth-order valence-electron chi connectivity index (χ4n) is 2.43. The lowest BCUT2D eigenvalue weighted by molar-refractivity contribution is 0.298. The minimum atomic E-state index is -3.31. The Morgan fingerprint density at radius 3 is 2.26 bits per heavy atom. The van der Waals surface area contributed by atoms with Gasteiger partial charge in [-0.2, -0.15) is 4.31 Å². The van der Waals surface area contributed by atoms with Gasteiger partial charge in [-0.25, -0.2) is 8.42 Å². The van der Waals surface area contributed by atoms with Crippen molar-refractivity contribution in [1.29, 1.82) is 0 Å². The van der Waals surface area contributed by atoms with Crippen molar-refractivity contribution in [1.82, 2.24) is 9.62 Å². The fourth-order valence-corrected chi connectivity index (χ4v) is 3.90. The Balaban J connectivity index is 2.13. The Bertz CT molecular complexity index is 503. The summed E-state index contributed by atoms with van der Waals surface area (Å²) in [6.07, 6.45) is 2.68. The van der Waals surface area contributed by atoms with E-state index in [1.165, 1.54) is 0 Å². The fraction of sp³-hybridized carbons (Fsp3) is 0.571. The second-order valence-electron chi connectivity index (χ2n) is 4.96. The van der Waals surface area contributed by atoms with Crippen LogP contribution in [0.2, 0.25) is 0 Å². The number of nitrogens with one attached hydrogen (secondary N) is 1. The predicted molar refractivity (Wildman–Crippen MR) is 76.7 cm³/mol. The van der Waals surface area contributed by atoms with Crippen LogP contribution in [-0.4, -0.2) is 38.9 Å². The van der Waals surface area contributed by atoms with Gasteiger partial charge in [0, 0.05) is 19.1 Å². The summed E-state index contributed by atoms with van der Waals surface area (Å²) in [6.45, 7) is 3.26. The monoisotopic (exact) mass is 282 g/mol. The molecule has 0 bridgehead atoms. The molecule has 4 nitrogen and oxygen atoms in total. The van der Waals surface area contributed by atoms with E-state index < -0.39 is 10.0 Å². The van der Waals surface area contributed by atoms with E-state index in [4.69, 9.17) is 0 Å². The molecule has 1 fully saturated rings. The van der Waals surface area contributed by atoms with Gasteiger partial charge < -0.3 is 5.32 Å². The molecule has 0 aromatic heterocycles. The number of sulfonamides is 1. The molecular formula is C14H22N2O2S. The standard InChI is InChI=1S/C14H22N2O2S/c1-3-12-4-6-14(7-5-12)19(17,18)16-10-8-13(15-2)9-11-16/h4-7,13,15H,3,8-11H2,1-2H3. The maximum absolute atomic E-state index is 12.5. The van der Waals surface area contributed by atoms with Crippen LogP contribution in [0.3, 0.4) is 0 Å². The summed E-state index contributed by atoms with van der Waals surface area (Å²) in [5, 5.41) is 3.21. The van der Waals surface area contributed by atoms with E-state index in [0.717, 1.165) is 24.8 Å². The van der Waals surface area contributed by atoms with Crippen LogP contribution in [0.5, 0.6) is 0 Å². The highest BCUT2D eigenvalue weighted by Crippen LogP contribution is 2.21. The normalized spacial score (nSPS) is 18.6. The molecule has 0 amide bonds. The Hall–Kier alpha value is -0.910. The molecule has 0 aliphatic carbocycles. The lowest BCUT2D eigenvalue weighted by Crippen LogP contribution is -2.43. The first-order valence-corrected chi connectivity index (χ1v) is 8.28. The van der Waals surface area contributed by atoms with Crippen LogP contribution in [0.25, 0.3) is 0 Å². The Labute approximate surface area is 115 Å². The van der Waals surface area contributed by atoms with Gasteiger partial charge in [-0.15, -0.1) is 0 Å². The topological polar surface area (TPSA) is 49.4 Å². The summed E-state index contributed by atoms with van der Waals surface area (Å²) in [5.74, 6) is 0. The molecule has 0 spiro atoms. The van der Waals surface area contributed by atoms with Gasteiger partial charge in [0.05, 0.1) is 4.90 Å². The van der Waals surface area contributed by atoms with Crippen molar-refractivity contribution >= 4 is 10.0 Å². The number of piperidine rings is 1. The molecule has 1 aliphatic heterocycles. The molecule has 1 aromatic rings. The Morgan fingerprint density at radius 2 is 1.79 bits per heavy atom. The number of hydrogen-bond acceptors (Lipinski definition) is 3. The highest BCUT2D eigenvalue weighted by atomic mass is 32.2. The van der Waals surface area contributed by atoms with Crippen LogP contribution in [-0.2, 0) is 16.4 Å². The molecule has 0 unspecified atom stereocenters. The third kappa shape index (κ3) is 3.16. The van der Waals surface area contributed by atoms with Crippen LogP contribution in [0, 0.1) is 0 Å². The molecule has 1 aliphatic rings. The number of rotatable bonds is 4. The van der Waals surface area contributed by atoms with Gasteiger partial charge in [0.25, 0.3) is 0 Å². The van der Waals surface area contributed by atoms with E-state index in [1.807, 2.05) is 19.2 Å². The van der Waals surface area contributed by atoms with Crippen LogP contribution in [0.4, 0.5) is 0 Å². The van der Waals surface area contributed by atoms with E-state index in [2.05, 4.69) is 12.2 Å². The van der Waals surface area contributed by atoms with E-state index in [9.17, 15) is 8.42 Å². The van der Waals surface area contributed by atoms with Gasteiger partial charge in [-0.1, -0.05) is 19.1 Å². The first kappa shape index (κ1) is 14.5. The summed E-state index contributed by atoms with van der Waals surface area (Å²) in [4.78, 5) is 0.410. The predicted octanol–water partition coefficient (Wildman–Crippen LogP) is 1.62. The maximum atomic E-state index is 12.5. The average molecular weight is 282 g/mol. The average Bonchev–Trinajstić information content (AvgIpc) is 2.47. The van der Waals surface area contributed by atoms with Crippen molar-refractivity contribution in [2.24, 2.45) is 0 Å². The second kappa shape index (κ2) is 6.03. The zero-order valence-corrected chi connectivity index (χ0v) is 12.4. The molecule has 1 saturated heterocycles. The van der Waals surface area contributed by atoms with Crippen LogP contribution in [0.15, 0.2) is 29.2 Å². The first-order valence-electron chi connectivity index (χ1n) is 6.84. The highest BCUT2D eigenvalue weighted by Gasteiger charge is 2.28. The van der Waals surface area contributed by atoms with Gasteiger partial charge >= 0.3 is 0 Å². The van der Waals surface area contributed by atoms with Crippen molar-refractivity contribution in [3.05, 3.63) is 29.8 Å². The number of benzene rings is 1. The minimum absolute atomic E-state index is 0.410. The van der Waals surface area contributed by atoms with Crippen LogP contribution >= 0.6 is 0 Å². The van der Waals surface area contributed by atoms with Crippen LogP contribution < -0.4 is 5.32 Å². The zero-order valence-electron chi connectivity index (χ0n) is 11.6. The first-order chi connectivity index (χ1) is 9.07. The van der Waals surface area contributed by atoms with Gasteiger partial charge in [0.2, 0.25) is 10.0 Å². The SMILES string of the molecule is CCc1ccc(S(=O)(=O)N2CCC(NC)CC2)cc1. The maximum Gasteiger partial charge on any atom is 0.243 e. The molecule has 0 saturated carbocycles. The molecule has 1 N–H and O–H groups in total. The van der Waals surface area contributed by atoms with Crippen LogP contribution in [0.1, 0.15) is 25.3 Å². The van der Waals surface area contributed by atoms with Crippen molar-refractivity contribution < 1.29 is 8.42 Å². The molecule has 1 heterocycles. The number of hydrogen-bond donors (Lipinski definition) is 1. The summed E-state index contributed by atoms with van der Waals surface area (Å²) in [6, 6.07) is 7.67. The Morgan fingerprint density at radius 1 is 1.21 bits per heavy atom. The summed E-state index contributed by atoms with van der Waals surface area (Å²) >= 11 is 0. The molecular weight excluding hydrogens is 260 g/mol. The summed E-state index contributed by atoms with van der Waals surface area (Å²) < 4.78 is 26.6. The van der Waals surface area contributed by atoms with Gasteiger partial charge in [-0.3, -0.25) is 0 Å².